The Morgan fingerprint density at radius 1 is 1.12 bits per heavy atom. The highest BCUT2D eigenvalue weighted by molar-refractivity contribution is 6.31. The second kappa shape index (κ2) is 9.94. The van der Waals surface area contributed by atoms with Crippen molar-refractivity contribution in [1.29, 1.82) is 0 Å². The predicted octanol–water partition coefficient (Wildman–Crippen LogP) is 4.26. The third-order valence-corrected chi connectivity index (χ3v) is 4.25. The number of halogens is 1. The first-order valence-electron chi connectivity index (χ1n) is 8.46. The van der Waals surface area contributed by atoms with E-state index in [2.05, 4.69) is 5.32 Å². The number of hydrogen-bond donors (Lipinski definition) is 1. The van der Waals surface area contributed by atoms with E-state index in [4.69, 9.17) is 21.1 Å². The van der Waals surface area contributed by atoms with E-state index in [1.807, 2.05) is 43.3 Å². The van der Waals surface area contributed by atoms with Crippen LogP contribution in [0.5, 0.6) is 11.5 Å². The van der Waals surface area contributed by atoms with Gasteiger partial charge < -0.3 is 14.8 Å². The first-order chi connectivity index (χ1) is 12.1. The Balaban J connectivity index is 1.78. The van der Waals surface area contributed by atoms with Gasteiger partial charge in [0.1, 0.15) is 11.5 Å². The zero-order valence-electron chi connectivity index (χ0n) is 14.6. The topological polar surface area (TPSA) is 47.6 Å². The smallest absolute Gasteiger partial charge is 0.261 e. The third kappa shape index (κ3) is 5.98. The molecule has 0 aromatic heterocycles. The zero-order valence-corrected chi connectivity index (χ0v) is 15.4. The van der Waals surface area contributed by atoms with Crippen molar-refractivity contribution in [2.45, 2.75) is 32.3 Å². The summed E-state index contributed by atoms with van der Waals surface area (Å²) in [6.45, 7) is 2.52. The van der Waals surface area contributed by atoms with Crippen molar-refractivity contribution in [3.63, 3.8) is 0 Å². The molecule has 0 saturated heterocycles. The molecule has 0 spiro atoms. The molecule has 5 heteroatoms. The number of carbonyl (C=O) groups is 1. The number of hydrogen-bond acceptors (Lipinski definition) is 3. The molecule has 1 N–H and O–H groups in total. The van der Waals surface area contributed by atoms with Gasteiger partial charge in [-0.1, -0.05) is 36.7 Å². The van der Waals surface area contributed by atoms with E-state index < -0.39 is 6.10 Å². The van der Waals surface area contributed by atoms with Crippen molar-refractivity contribution in [3.05, 3.63) is 59.1 Å². The van der Waals surface area contributed by atoms with Crippen LogP contribution in [-0.4, -0.2) is 25.7 Å². The molecule has 134 valence electrons. The van der Waals surface area contributed by atoms with Crippen molar-refractivity contribution in [1.82, 2.24) is 5.32 Å². The number of benzene rings is 2. The van der Waals surface area contributed by atoms with E-state index in [0.717, 1.165) is 29.2 Å². The van der Waals surface area contributed by atoms with E-state index in [-0.39, 0.29) is 5.91 Å². The number of methoxy groups -OCH3 is 1. The van der Waals surface area contributed by atoms with Crippen LogP contribution in [0, 0.1) is 0 Å². The van der Waals surface area contributed by atoms with Crippen LogP contribution < -0.4 is 14.8 Å². The Labute approximate surface area is 154 Å². The molecular formula is C20H24ClNO3. The Bertz CT molecular complexity index is 673. The summed E-state index contributed by atoms with van der Waals surface area (Å²) >= 11 is 6.13. The summed E-state index contributed by atoms with van der Waals surface area (Å²) in [5.74, 6) is 1.31. The highest BCUT2D eigenvalue weighted by Gasteiger charge is 2.17. The van der Waals surface area contributed by atoms with Gasteiger partial charge in [0.2, 0.25) is 0 Å². The van der Waals surface area contributed by atoms with Gasteiger partial charge in [-0.05, 0) is 55.2 Å². The second-order valence-corrected chi connectivity index (χ2v) is 6.08. The maximum absolute atomic E-state index is 12.3. The SMILES string of the molecule is CC[C@@H](Oc1ccc(OC)cc1)C(=O)NCCCc1ccccc1Cl. The quantitative estimate of drug-likeness (QED) is 0.679. The van der Waals surface area contributed by atoms with Crippen molar-refractivity contribution in [3.8, 4) is 11.5 Å². The fourth-order valence-corrected chi connectivity index (χ4v) is 2.68. The van der Waals surface area contributed by atoms with Gasteiger partial charge in [-0.25, -0.2) is 0 Å². The van der Waals surface area contributed by atoms with E-state index in [1.165, 1.54) is 0 Å². The molecule has 0 aliphatic rings. The second-order valence-electron chi connectivity index (χ2n) is 5.68. The normalized spacial score (nSPS) is 11.6. The lowest BCUT2D eigenvalue weighted by atomic mass is 10.1. The van der Waals surface area contributed by atoms with Gasteiger partial charge in [-0.15, -0.1) is 0 Å². The number of rotatable bonds is 9. The molecule has 1 atom stereocenters. The molecule has 0 aliphatic carbocycles. The number of carbonyl (C=O) groups excluding carboxylic acids is 1. The molecule has 0 saturated carbocycles. The molecular weight excluding hydrogens is 338 g/mol. The van der Waals surface area contributed by atoms with Crippen molar-refractivity contribution >= 4 is 17.5 Å². The molecule has 1 amide bonds. The van der Waals surface area contributed by atoms with Crippen LogP contribution >= 0.6 is 11.6 Å². The lowest BCUT2D eigenvalue weighted by Crippen LogP contribution is -2.38. The summed E-state index contributed by atoms with van der Waals surface area (Å²) in [5, 5.41) is 3.70. The molecule has 0 aliphatic heterocycles. The molecule has 0 unspecified atom stereocenters. The Kier molecular flexibility index (Phi) is 7.61. The Hall–Kier alpha value is -2.20. The van der Waals surface area contributed by atoms with Gasteiger partial charge >= 0.3 is 0 Å². The van der Waals surface area contributed by atoms with E-state index in [0.29, 0.717) is 18.7 Å². The van der Waals surface area contributed by atoms with Crippen LogP contribution in [0.1, 0.15) is 25.3 Å². The highest BCUT2D eigenvalue weighted by atomic mass is 35.5. The van der Waals surface area contributed by atoms with Gasteiger partial charge in [0.05, 0.1) is 7.11 Å². The number of aryl methyl sites for hydroxylation is 1. The van der Waals surface area contributed by atoms with Gasteiger partial charge in [0.15, 0.2) is 6.10 Å². The van der Waals surface area contributed by atoms with Crippen LogP contribution in [0.4, 0.5) is 0 Å². The lowest BCUT2D eigenvalue weighted by Gasteiger charge is -2.17. The van der Waals surface area contributed by atoms with Crippen molar-refractivity contribution in [2.75, 3.05) is 13.7 Å². The van der Waals surface area contributed by atoms with E-state index in [1.54, 1.807) is 19.2 Å². The zero-order chi connectivity index (χ0) is 18.1. The summed E-state index contributed by atoms with van der Waals surface area (Å²) in [7, 11) is 1.61. The van der Waals surface area contributed by atoms with Crippen LogP contribution in [0.3, 0.4) is 0 Å². The minimum absolute atomic E-state index is 0.0996. The summed E-state index contributed by atoms with van der Waals surface area (Å²) < 4.78 is 10.9. The molecule has 0 bridgehead atoms. The molecule has 0 heterocycles. The van der Waals surface area contributed by atoms with Gasteiger partial charge in [-0.2, -0.15) is 0 Å². The number of nitrogens with one attached hydrogen (secondary N) is 1. The van der Waals surface area contributed by atoms with Crippen LogP contribution in [0.2, 0.25) is 5.02 Å². The molecule has 2 rings (SSSR count). The average Bonchev–Trinajstić information content (AvgIpc) is 2.65. The fourth-order valence-electron chi connectivity index (χ4n) is 2.45. The fraction of sp³-hybridized carbons (Fsp3) is 0.350. The monoisotopic (exact) mass is 361 g/mol. The van der Waals surface area contributed by atoms with E-state index in [9.17, 15) is 4.79 Å². The molecule has 0 radical (unpaired) electrons. The first-order valence-corrected chi connectivity index (χ1v) is 8.83. The number of amides is 1. The number of ether oxygens (including phenoxy) is 2. The first kappa shape index (κ1) is 19.1. The minimum Gasteiger partial charge on any atom is -0.497 e. The molecule has 2 aromatic carbocycles. The molecule has 25 heavy (non-hydrogen) atoms. The summed E-state index contributed by atoms with van der Waals surface area (Å²) in [6, 6.07) is 15.0. The minimum atomic E-state index is -0.506. The summed E-state index contributed by atoms with van der Waals surface area (Å²) in [5.41, 5.74) is 1.10. The van der Waals surface area contributed by atoms with E-state index >= 15 is 0 Å². The highest BCUT2D eigenvalue weighted by Crippen LogP contribution is 2.19. The molecule has 4 nitrogen and oxygen atoms in total. The predicted molar refractivity (Wildman–Crippen MR) is 100 cm³/mol. The lowest BCUT2D eigenvalue weighted by molar-refractivity contribution is -0.128. The molecule has 2 aromatic rings. The van der Waals surface area contributed by atoms with Gasteiger partial charge in [0, 0.05) is 11.6 Å². The third-order valence-electron chi connectivity index (χ3n) is 3.88. The van der Waals surface area contributed by atoms with Crippen LogP contribution in [0.15, 0.2) is 48.5 Å². The summed E-state index contributed by atoms with van der Waals surface area (Å²) in [6.07, 6.45) is 1.75. The largest absolute Gasteiger partial charge is 0.497 e. The van der Waals surface area contributed by atoms with Gasteiger partial charge in [-0.3, -0.25) is 4.79 Å². The Morgan fingerprint density at radius 3 is 2.44 bits per heavy atom. The standard InChI is InChI=1S/C20H24ClNO3/c1-3-19(25-17-12-10-16(24-2)11-13-17)20(23)22-14-6-8-15-7-4-5-9-18(15)21/h4-5,7,9-13,19H,3,6,8,14H2,1-2H3,(H,22,23)/t19-/m1/s1. The molecule has 0 fully saturated rings. The maximum Gasteiger partial charge on any atom is 0.261 e. The summed E-state index contributed by atoms with van der Waals surface area (Å²) in [4.78, 5) is 12.3. The van der Waals surface area contributed by atoms with Crippen LogP contribution in [-0.2, 0) is 11.2 Å². The average molecular weight is 362 g/mol. The van der Waals surface area contributed by atoms with Crippen LogP contribution in [0.25, 0.3) is 0 Å². The van der Waals surface area contributed by atoms with Gasteiger partial charge in [0.25, 0.3) is 5.91 Å². The van der Waals surface area contributed by atoms with Crippen molar-refractivity contribution < 1.29 is 14.3 Å². The Morgan fingerprint density at radius 2 is 1.80 bits per heavy atom. The van der Waals surface area contributed by atoms with Crippen molar-refractivity contribution in [2.24, 2.45) is 0 Å². The maximum atomic E-state index is 12.3.